The minimum atomic E-state index is -0.236. The molecule has 1 unspecified atom stereocenters. The number of halogens is 1. The van der Waals surface area contributed by atoms with Crippen LogP contribution < -0.4 is 10.1 Å². The van der Waals surface area contributed by atoms with Crippen LogP contribution >= 0.6 is 15.9 Å². The van der Waals surface area contributed by atoms with E-state index in [2.05, 4.69) is 40.1 Å². The molecule has 1 amide bonds. The van der Waals surface area contributed by atoms with Crippen LogP contribution in [-0.4, -0.2) is 17.5 Å². The van der Waals surface area contributed by atoms with Gasteiger partial charge in [0.05, 0.1) is 5.56 Å². The predicted molar refractivity (Wildman–Crippen MR) is 126 cm³/mol. The monoisotopic (exact) mass is 478 g/mol. The Morgan fingerprint density at radius 1 is 1.13 bits per heavy atom. The van der Waals surface area contributed by atoms with Gasteiger partial charge in [-0.1, -0.05) is 38.1 Å². The van der Waals surface area contributed by atoms with Crippen molar-refractivity contribution in [3.63, 3.8) is 0 Å². The number of oxazole rings is 1. The second-order valence-corrected chi connectivity index (χ2v) is 8.25. The lowest BCUT2D eigenvalue weighted by atomic mass is 9.99. The number of hydrogen-bond donors (Lipinski definition) is 1. The van der Waals surface area contributed by atoms with Crippen LogP contribution in [0.2, 0.25) is 0 Å². The average molecular weight is 479 g/mol. The molecule has 0 spiro atoms. The van der Waals surface area contributed by atoms with E-state index in [4.69, 9.17) is 9.15 Å². The highest BCUT2D eigenvalue weighted by Gasteiger charge is 2.12. The lowest BCUT2D eigenvalue weighted by Gasteiger charge is -2.11. The molecule has 3 aromatic carbocycles. The van der Waals surface area contributed by atoms with Crippen LogP contribution in [0.1, 0.15) is 31.7 Å². The summed E-state index contributed by atoms with van der Waals surface area (Å²) in [6.45, 7) is 4.29. The van der Waals surface area contributed by atoms with Gasteiger partial charge in [-0.3, -0.25) is 4.79 Å². The first-order chi connectivity index (χ1) is 15.0. The Morgan fingerprint density at radius 3 is 2.65 bits per heavy atom. The van der Waals surface area contributed by atoms with Gasteiger partial charge in [0.2, 0.25) is 5.89 Å². The maximum Gasteiger partial charge on any atom is 0.262 e. The highest BCUT2D eigenvalue weighted by atomic mass is 79.9. The third-order valence-corrected chi connectivity index (χ3v) is 5.90. The highest BCUT2D eigenvalue weighted by Crippen LogP contribution is 2.31. The first-order valence-corrected chi connectivity index (χ1v) is 11.0. The predicted octanol–water partition coefficient (Wildman–Crippen LogP) is 6.79. The van der Waals surface area contributed by atoms with E-state index in [1.807, 2.05) is 48.5 Å². The molecule has 31 heavy (non-hydrogen) atoms. The second-order valence-electron chi connectivity index (χ2n) is 7.40. The number of carbonyl (C=O) groups is 1. The molecule has 0 saturated carbocycles. The molecule has 6 heteroatoms. The third kappa shape index (κ3) is 4.97. The van der Waals surface area contributed by atoms with Crippen LogP contribution in [-0.2, 0) is 4.79 Å². The highest BCUT2D eigenvalue weighted by molar-refractivity contribution is 9.10. The average Bonchev–Trinajstić information content (AvgIpc) is 3.21. The van der Waals surface area contributed by atoms with Crippen LogP contribution in [0.25, 0.3) is 22.6 Å². The van der Waals surface area contributed by atoms with Crippen LogP contribution in [0.3, 0.4) is 0 Å². The topological polar surface area (TPSA) is 64.4 Å². The van der Waals surface area contributed by atoms with Crippen molar-refractivity contribution in [2.24, 2.45) is 0 Å². The Morgan fingerprint density at radius 2 is 1.90 bits per heavy atom. The van der Waals surface area contributed by atoms with E-state index in [-0.39, 0.29) is 12.5 Å². The summed E-state index contributed by atoms with van der Waals surface area (Å²) in [5, 5.41) is 2.85. The summed E-state index contributed by atoms with van der Waals surface area (Å²) in [4.78, 5) is 16.9. The van der Waals surface area contributed by atoms with Gasteiger partial charge in [-0.25, -0.2) is 4.98 Å². The van der Waals surface area contributed by atoms with Gasteiger partial charge < -0.3 is 14.5 Å². The first kappa shape index (κ1) is 21.1. The van der Waals surface area contributed by atoms with Gasteiger partial charge in [-0.05, 0) is 76.3 Å². The van der Waals surface area contributed by atoms with E-state index in [0.29, 0.717) is 34.3 Å². The number of carbonyl (C=O) groups excluding carboxylic acids is 1. The molecule has 4 rings (SSSR count). The number of rotatable bonds is 7. The van der Waals surface area contributed by atoms with Crippen LogP contribution in [0.5, 0.6) is 5.75 Å². The van der Waals surface area contributed by atoms with Crippen molar-refractivity contribution in [1.82, 2.24) is 4.98 Å². The molecule has 0 aliphatic carbocycles. The lowest BCUT2D eigenvalue weighted by molar-refractivity contribution is -0.118. The van der Waals surface area contributed by atoms with Crippen molar-refractivity contribution in [2.75, 3.05) is 11.9 Å². The van der Waals surface area contributed by atoms with Gasteiger partial charge in [0.15, 0.2) is 12.2 Å². The number of benzene rings is 3. The van der Waals surface area contributed by atoms with Gasteiger partial charge >= 0.3 is 0 Å². The normalized spacial score (nSPS) is 12.0. The van der Waals surface area contributed by atoms with Gasteiger partial charge in [0.1, 0.15) is 11.3 Å². The van der Waals surface area contributed by atoms with Crippen LogP contribution in [0.15, 0.2) is 75.6 Å². The largest absolute Gasteiger partial charge is 0.484 e. The Labute approximate surface area is 189 Å². The molecule has 0 fully saturated rings. The molecule has 1 atom stereocenters. The fourth-order valence-electron chi connectivity index (χ4n) is 3.23. The quantitative estimate of drug-likeness (QED) is 0.317. The summed E-state index contributed by atoms with van der Waals surface area (Å²) in [5.41, 5.74) is 4.10. The van der Waals surface area contributed by atoms with Crippen molar-refractivity contribution in [3.8, 4) is 17.2 Å². The third-order valence-electron chi connectivity index (χ3n) is 5.21. The minimum absolute atomic E-state index is 0.0677. The maximum absolute atomic E-state index is 12.3. The van der Waals surface area contributed by atoms with E-state index in [0.717, 1.165) is 16.5 Å². The summed E-state index contributed by atoms with van der Waals surface area (Å²) in [6, 6.07) is 21.0. The number of anilines is 1. The Kier molecular flexibility index (Phi) is 6.37. The molecule has 1 heterocycles. The fraction of sp³-hybridized carbons (Fsp3) is 0.200. The standard InChI is InChI=1S/C25H23BrN2O3/c1-3-16(2)17-8-11-19(12-9-17)30-15-24(29)27-18-10-13-23-22(14-18)28-25(31-23)20-6-4-5-7-21(20)26/h4-14,16H,3,15H2,1-2H3,(H,27,29). The minimum Gasteiger partial charge on any atom is -0.484 e. The summed E-state index contributed by atoms with van der Waals surface area (Å²) >= 11 is 3.52. The molecule has 0 aliphatic rings. The molecule has 0 saturated heterocycles. The van der Waals surface area contributed by atoms with Crippen molar-refractivity contribution in [1.29, 1.82) is 0 Å². The van der Waals surface area contributed by atoms with E-state index in [9.17, 15) is 4.79 Å². The summed E-state index contributed by atoms with van der Waals surface area (Å²) in [6.07, 6.45) is 1.09. The van der Waals surface area contributed by atoms with Gasteiger partial charge in [0.25, 0.3) is 5.91 Å². The summed E-state index contributed by atoms with van der Waals surface area (Å²) in [7, 11) is 0. The molecule has 0 bridgehead atoms. The zero-order chi connectivity index (χ0) is 21.8. The van der Waals surface area contributed by atoms with E-state index >= 15 is 0 Å². The molecule has 158 valence electrons. The van der Waals surface area contributed by atoms with Gasteiger partial charge in [-0.2, -0.15) is 0 Å². The molecular weight excluding hydrogens is 456 g/mol. The number of fused-ring (bicyclic) bond motifs is 1. The van der Waals surface area contributed by atoms with E-state index in [1.54, 1.807) is 18.2 Å². The number of ether oxygens (including phenoxy) is 1. The Bertz CT molecular complexity index is 1200. The number of nitrogens with one attached hydrogen (secondary N) is 1. The van der Waals surface area contributed by atoms with Crippen LogP contribution in [0, 0.1) is 0 Å². The summed E-state index contributed by atoms with van der Waals surface area (Å²) in [5.74, 6) is 1.47. The number of amides is 1. The van der Waals surface area contributed by atoms with Crippen molar-refractivity contribution >= 4 is 38.6 Å². The number of aromatic nitrogens is 1. The van der Waals surface area contributed by atoms with Gasteiger partial charge in [0, 0.05) is 10.2 Å². The molecular formula is C25H23BrN2O3. The Hall–Kier alpha value is -3.12. The molecule has 0 radical (unpaired) electrons. The maximum atomic E-state index is 12.3. The van der Waals surface area contributed by atoms with E-state index in [1.165, 1.54) is 5.56 Å². The number of nitrogens with zero attached hydrogens (tertiary/aromatic N) is 1. The van der Waals surface area contributed by atoms with Crippen LogP contribution in [0.4, 0.5) is 5.69 Å². The molecule has 5 nitrogen and oxygen atoms in total. The lowest BCUT2D eigenvalue weighted by Crippen LogP contribution is -2.20. The molecule has 1 aromatic heterocycles. The number of hydrogen-bond acceptors (Lipinski definition) is 4. The fourth-order valence-corrected chi connectivity index (χ4v) is 3.68. The van der Waals surface area contributed by atoms with E-state index < -0.39 is 0 Å². The SMILES string of the molecule is CCC(C)c1ccc(OCC(=O)Nc2ccc3oc(-c4ccccc4Br)nc3c2)cc1. The Balaban J connectivity index is 1.40. The molecule has 0 aliphatic heterocycles. The zero-order valence-corrected chi connectivity index (χ0v) is 19.0. The smallest absolute Gasteiger partial charge is 0.262 e. The van der Waals surface area contributed by atoms with Crippen molar-refractivity contribution in [3.05, 3.63) is 76.8 Å². The molecule has 1 N–H and O–H groups in total. The zero-order valence-electron chi connectivity index (χ0n) is 17.4. The van der Waals surface area contributed by atoms with Gasteiger partial charge in [-0.15, -0.1) is 0 Å². The van der Waals surface area contributed by atoms with Crippen molar-refractivity contribution < 1.29 is 13.9 Å². The first-order valence-electron chi connectivity index (χ1n) is 10.2. The molecule has 4 aromatic rings. The second kappa shape index (κ2) is 9.35. The summed E-state index contributed by atoms with van der Waals surface area (Å²) < 4.78 is 12.4. The van der Waals surface area contributed by atoms with Crippen molar-refractivity contribution in [2.45, 2.75) is 26.2 Å².